The molecular weight excluding hydrogens is 386 g/mol. The third-order valence-corrected chi connectivity index (χ3v) is 6.60. The molecule has 2 aliphatic rings. The fourth-order valence-electron chi connectivity index (χ4n) is 2.97. The second-order valence-corrected chi connectivity index (χ2v) is 8.64. The average molecular weight is 411 g/mol. The van der Waals surface area contributed by atoms with E-state index in [4.69, 9.17) is 4.74 Å². The minimum Gasteiger partial charge on any atom is -0.488 e. The van der Waals surface area contributed by atoms with Crippen LogP contribution in [0.5, 0.6) is 5.75 Å². The fraction of sp³-hybridized carbons (Fsp3) is 0.647. The van der Waals surface area contributed by atoms with Crippen molar-refractivity contribution in [3.63, 3.8) is 0 Å². The first-order valence-corrected chi connectivity index (χ1v) is 10.1. The fourth-order valence-corrected chi connectivity index (χ4v) is 4.44. The monoisotopic (exact) mass is 410 g/mol. The van der Waals surface area contributed by atoms with Crippen LogP contribution in [-0.2, 0) is 10.0 Å². The Morgan fingerprint density at radius 1 is 1.12 bits per heavy atom. The van der Waals surface area contributed by atoms with Crippen LogP contribution in [0.15, 0.2) is 29.2 Å². The maximum absolute atomic E-state index is 12.7. The standard InChI is InChI=1S/C17H24F2N2O3S.ClH/c18-17(19)12-24-15-3-5-16(6-4-15)25(22,23)21-9-7-14(8-10-21)20-11-13-1-2-13;/h3-6,13-14,17,20H,1-2,7-12H2;1H. The van der Waals surface area contributed by atoms with Crippen molar-refractivity contribution in [2.75, 3.05) is 26.2 Å². The summed E-state index contributed by atoms with van der Waals surface area (Å²) in [4.78, 5) is 0.168. The zero-order valence-corrected chi connectivity index (χ0v) is 16.1. The molecule has 0 amide bonds. The SMILES string of the molecule is Cl.O=S(=O)(c1ccc(OCC(F)F)cc1)N1CCC(NCC2CC2)CC1. The van der Waals surface area contributed by atoms with E-state index in [-0.39, 0.29) is 23.1 Å². The Morgan fingerprint density at radius 2 is 1.73 bits per heavy atom. The van der Waals surface area contributed by atoms with E-state index in [0.717, 1.165) is 25.3 Å². The number of sulfonamides is 1. The van der Waals surface area contributed by atoms with Crippen molar-refractivity contribution in [3.8, 4) is 5.75 Å². The van der Waals surface area contributed by atoms with Gasteiger partial charge in [0.2, 0.25) is 10.0 Å². The van der Waals surface area contributed by atoms with Gasteiger partial charge in [-0.2, -0.15) is 4.31 Å². The Kier molecular flexibility index (Phi) is 7.63. The van der Waals surface area contributed by atoms with Gasteiger partial charge in [-0.3, -0.25) is 0 Å². The van der Waals surface area contributed by atoms with Crippen LogP contribution >= 0.6 is 12.4 Å². The molecule has 0 bridgehead atoms. The lowest BCUT2D eigenvalue weighted by Crippen LogP contribution is -2.45. The Hall–Kier alpha value is -0.960. The van der Waals surface area contributed by atoms with Gasteiger partial charge in [0.05, 0.1) is 4.90 Å². The summed E-state index contributed by atoms with van der Waals surface area (Å²) < 4.78 is 56.0. The maximum Gasteiger partial charge on any atom is 0.272 e. The summed E-state index contributed by atoms with van der Waals surface area (Å²) in [6, 6.07) is 6.04. The third kappa shape index (κ3) is 5.77. The number of benzene rings is 1. The van der Waals surface area contributed by atoms with Crippen molar-refractivity contribution in [2.45, 2.75) is 43.0 Å². The van der Waals surface area contributed by atoms with Crippen LogP contribution in [0.2, 0.25) is 0 Å². The molecule has 1 aliphatic heterocycles. The first-order chi connectivity index (χ1) is 11.9. The molecule has 1 aromatic rings. The first kappa shape index (κ1) is 21.3. The predicted octanol–water partition coefficient (Wildman–Crippen LogP) is 2.91. The quantitative estimate of drug-likeness (QED) is 0.716. The topological polar surface area (TPSA) is 58.6 Å². The van der Waals surface area contributed by atoms with Crippen molar-refractivity contribution < 1.29 is 21.9 Å². The molecule has 0 atom stereocenters. The number of piperidine rings is 1. The van der Waals surface area contributed by atoms with Crippen molar-refractivity contribution in [1.82, 2.24) is 9.62 Å². The number of hydrogen-bond acceptors (Lipinski definition) is 4. The number of rotatable bonds is 8. The zero-order valence-electron chi connectivity index (χ0n) is 14.4. The lowest BCUT2D eigenvalue weighted by molar-refractivity contribution is 0.0819. The van der Waals surface area contributed by atoms with Gasteiger partial charge in [-0.15, -0.1) is 12.4 Å². The smallest absolute Gasteiger partial charge is 0.272 e. The van der Waals surface area contributed by atoms with E-state index in [1.807, 2.05) is 0 Å². The minimum absolute atomic E-state index is 0. The van der Waals surface area contributed by atoms with Crippen molar-refractivity contribution in [3.05, 3.63) is 24.3 Å². The van der Waals surface area contributed by atoms with Gasteiger partial charge in [0, 0.05) is 19.1 Å². The highest BCUT2D eigenvalue weighted by atomic mass is 35.5. The highest BCUT2D eigenvalue weighted by molar-refractivity contribution is 7.89. The summed E-state index contributed by atoms with van der Waals surface area (Å²) in [6.07, 6.45) is 1.66. The van der Waals surface area contributed by atoms with Gasteiger partial charge in [-0.1, -0.05) is 0 Å². The van der Waals surface area contributed by atoms with Crippen LogP contribution in [0, 0.1) is 5.92 Å². The van der Waals surface area contributed by atoms with E-state index in [1.54, 1.807) is 0 Å². The number of hydrogen-bond donors (Lipinski definition) is 1. The third-order valence-electron chi connectivity index (χ3n) is 4.68. The Bertz CT molecular complexity index is 661. The van der Waals surface area contributed by atoms with E-state index < -0.39 is 23.1 Å². The number of nitrogens with zero attached hydrogens (tertiary/aromatic N) is 1. The minimum atomic E-state index is -3.55. The molecule has 148 valence electrons. The molecule has 3 rings (SSSR count). The van der Waals surface area contributed by atoms with Gasteiger partial charge >= 0.3 is 0 Å². The molecule has 0 radical (unpaired) electrons. The van der Waals surface area contributed by atoms with Gasteiger partial charge in [0.25, 0.3) is 6.43 Å². The Morgan fingerprint density at radius 3 is 2.27 bits per heavy atom. The number of ether oxygens (including phenoxy) is 1. The van der Waals surface area contributed by atoms with Gasteiger partial charge in [-0.05, 0) is 62.4 Å². The van der Waals surface area contributed by atoms with Crippen molar-refractivity contribution in [1.29, 1.82) is 0 Å². The van der Waals surface area contributed by atoms with Crippen LogP contribution in [-0.4, -0.2) is 51.4 Å². The van der Waals surface area contributed by atoms with Gasteiger partial charge in [0.15, 0.2) is 0 Å². The molecule has 1 aromatic carbocycles. The normalized spacial score (nSPS) is 19.3. The molecule has 1 saturated heterocycles. The lowest BCUT2D eigenvalue weighted by Gasteiger charge is -2.31. The van der Waals surface area contributed by atoms with E-state index in [0.29, 0.717) is 19.1 Å². The molecule has 1 saturated carbocycles. The summed E-state index contributed by atoms with van der Waals surface area (Å²) in [5.74, 6) is 1.05. The predicted molar refractivity (Wildman–Crippen MR) is 97.7 cm³/mol. The van der Waals surface area contributed by atoms with Crippen molar-refractivity contribution >= 4 is 22.4 Å². The molecule has 0 aromatic heterocycles. The Balaban J connectivity index is 0.00000243. The van der Waals surface area contributed by atoms with E-state index >= 15 is 0 Å². The lowest BCUT2D eigenvalue weighted by atomic mass is 10.1. The molecule has 26 heavy (non-hydrogen) atoms. The van der Waals surface area contributed by atoms with Gasteiger partial charge in [0.1, 0.15) is 12.4 Å². The summed E-state index contributed by atoms with van der Waals surface area (Å²) >= 11 is 0. The molecule has 1 aliphatic carbocycles. The first-order valence-electron chi connectivity index (χ1n) is 8.69. The van der Waals surface area contributed by atoms with E-state index in [9.17, 15) is 17.2 Å². The zero-order chi connectivity index (χ0) is 17.9. The molecule has 1 heterocycles. The molecule has 5 nitrogen and oxygen atoms in total. The molecular formula is C17H25ClF2N2O3S. The largest absolute Gasteiger partial charge is 0.488 e. The van der Waals surface area contributed by atoms with Crippen LogP contribution in [0.3, 0.4) is 0 Å². The number of alkyl halides is 2. The molecule has 1 N–H and O–H groups in total. The second kappa shape index (κ2) is 9.30. The van der Waals surface area contributed by atoms with Crippen LogP contribution in [0.4, 0.5) is 8.78 Å². The van der Waals surface area contributed by atoms with Crippen LogP contribution in [0.1, 0.15) is 25.7 Å². The summed E-state index contributed by atoms with van der Waals surface area (Å²) in [7, 11) is -3.55. The molecule has 9 heteroatoms. The molecule has 2 fully saturated rings. The Labute approximate surface area is 159 Å². The highest BCUT2D eigenvalue weighted by Crippen LogP contribution is 2.28. The summed E-state index contributed by atoms with van der Waals surface area (Å²) in [6.45, 7) is 1.33. The van der Waals surface area contributed by atoms with E-state index in [2.05, 4.69) is 5.32 Å². The second-order valence-electron chi connectivity index (χ2n) is 6.70. The molecule has 0 unspecified atom stereocenters. The highest BCUT2D eigenvalue weighted by Gasteiger charge is 2.30. The number of nitrogens with one attached hydrogen (secondary N) is 1. The van der Waals surface area contributed by atoms with Gasteiger partial charge < -0.3 is 10.1 Å². The maximum atomic E-state index is 12.7. The van der Waals surface area contributed by atoms with Crippen LogP contribution in [0.25, 0.3) is 0 Å². The number of halogens is 3. The molecule has 0 spiro atoms. The summed E-state index contributed by atoms with van der Waals surface area (Å²) in [5.41, 5.74) is 0. The van der Waals surface area contributed by atoms with Gasteiger partial charge in [-0.25, -0.2) is 17.2 Å². The summed E-state index contributed by atoms with van der Waals surface area (Å²) in [5, 5.41) is 3.53. The van der Waals surface area contributed by atoms with Crippen molar-refractivity contribution in [2.24, 2.45) is 5.92 Å². The van der Waals surface area contributed by atoms with E-state index in [1.165, 1.54) is 41.4 Å². The average Bonchev–Trinajstić information content (AvgIpc) is 3.43. The van der Waals surface area contributed by atoms with Crippen LogP contribution < -0.4 is 10.1 Å².